The Morgan fingerprint density at radius 3 is 3.00 bits per heavy atom. The van der Waals surface area contributed by atoms with Gasteiger partial charge >= 0.3 is 0 Å². The van der Waals surface area contributed by atoms with Gasteiger partial charge in [-0.1, -0.05) is 6.92 Å². The molecule has 9 heteroatoms. The summed E-state index contributed by atoms with van der Waals surface area (Å²) in [7, 11) is -3.68. The second-order valence-electron chi connectivity index (χ2n) is 4.56. The predicted octanol–water partition coefficient (Wildman–Crippen LogP) is -0.431. The van der Waals surface area contributed by atoms with Crippen molar-refractivity contribution in [1.82, 2.24) is 14.5 Å². The first-order valence-electron chi connectivity index (χ1n) is 6.55. The van der Waals surface area contributed by atoms with Crippen LogP contribution in [0.2, 0.25) is 0 Å². The van der Waals surface area contributed by atoms with Crippen LogP contribution in [0, 0.1) is 0 Å². The highest BCUT2D eigenvalue weighted by Crippen LogP contribution is 2.16. The molecule has 0 saturated carbocycles. The molecule has 1 fully saturated rings. The molecule has 2 heterocycles. The van der Waals surface area contributed by atoms with Crippen molar-refractivity contribution in [3.05, 3.63) is 6.20 Å². The molecule has 1 aliphatic rings. The number of rotatable bonds is 6. The number of hydrogen-bond acceptors (Lipinski definition) is 6. The molecule has 0 amide bonds. The summed E-state index contributed by atoms with van der Waals surface area (Å²) in [5, 5.41) is 3.98. The Labute approximate surface area is 118 Å². The van der Waals surface area contributed by atoms with E-state index in [4.69, 9.17) is 15.2 Å². The van der Waals surface area contributed by atoms with Gasteiger partial charge in [0.1, 0.15) is 4.90 Å². The van der Waals surface area contributed by atoms with Crippen LogP contribution in [0.25, 0.3) is 0 Å². The Balaban J connectivity index is 2.01. The molecule has 0 aromatic carbocycles. The van der Waals surface area contributed by atoms with Crippen LogP contribution >= 0.6 is 0 Å². The van der Waals surface area contributed by atoms with Crippen molar-refractivity contribution in [3.63, 3.8) is 0 Å². The van der Waals surface area contributed by atoms with Gasteiger partial charge < -0.3 is 15.2 Å². The molecule has 1 saturated heterocycles. The Morgan fingerprint density at radius 1 is 1.55 bits per heavy atom. The van der Waals surface area contributed by atoms with Crippen molar-refractivity contribution in [3.8, 4) is 0 Å². The minimum atomic E-state index is -3.68. The van der Waals surface area contributed by atoms with Gasteiger partial charge in [0.05, 0.1) is 25.9 Å². The van der Waals surface area contributed by atoms with E-state index in [1.165, 1.54) is 10.9 Å². The van der Waals surface area contributed by atoms with Crippen molar-refractivity contribution >= 4 is 15.8 Å². The fraction of sp³-hybridized carbons (Fsp3) is 0.727. The lowest BCUT2D eigenvalue weighted by atomic mass is 10.3. The average Bonchev–Trinajstić information content (AvgIpc) is 2.80. The van der Waals surface area contributed by atoms with Gasteiger partial charge in [0.2, 0.25) is 10.0 Å². The number of ether oxygens (including phenoxy) is 2. The highest BCUT2D eigenvalue weighted by Gasteiger charge is 2.23. The zero-order valence-corrected chi connectivity index (χ0v) is 12.2. The third-order valence-electron chi connectivity index (χ3n) is 2.88. The highest BCUT2D eigenvalue weighted by molar-refractivity contribution is 7.89. The number of nitrogens with two attached hydrogens (primary N) is 1. The molecule has 1 aromatic rings. The molecule has 0 aliphatic carbocycles. The van der Waals surface area contributed by atoms with Gasteiger partial charge in [-0.15, -0.1) is 0 Å². The van der Waals surface area contributed by atoms with Gasteiger partial charge in [0, 0.05) is 19.3 Å². The maximum absolute atomic E-state index is 12.2. The summed E-state index contributed by atoms with van der Waals surface area (Å²) in [5.74, 6) is 0.00626. The van der Waals surface area contributed by atoms with Crippen molar-refractivity contribution < 1.29 is 17.9 Å². The van der Waals surface area contributed by atoms with Gasteiger partial charge in [-0.05, 0) is 6.42 Å². The molecule has 114 valence electrons. The lowest BCUT2D eigenvalue weighted by molar-refractivity contribution is -0.0846. The first kappa shape index (κ1) is 15.2. The minimum absolute atomic E-state index is 0.00248. The van der Waals surface area contributed by atoms with Crippen LogP contribution in [0.4, 0.5) is 5.82 Å². The van der Waals surface area contributed by atoms with Crippen molar-refractivity contribution in [2.24, 2.45) is 0 Å². The third kappa shape index (κ3) is 3.69. The number of anilines is 1. The largest absolute Gasteiger partial charge is 0.381 e. The molecular formula is C11H20N4O4S. The van der Waals surface area contributed by atoms with E-state index >= 15 is 0 Å². The molecule has 3 N–H and O–H groups in total. The number of hydrogen-bond donors (Lipinski definition) is 2. The van der Waals surface area contributed by atoms with E-state index in [9.17, 15) is 8.42 Å². The van der Waals surface area contributed by atoms with Crippen LogP contribution in [-0.2, 0) is 26.0 Å². The zero-order valence-electron chi connectivity index (χ0n) is 11.4. The average molecular weight is 304 g/mol. The monoisotopic (exact) mass is 304 g/mol. The summed E-state index contributed by atoms with van der Waals surface area (Å²) in [6.45, 7) is 4.15. The molecular weight excluding hydrogens is 284 g/mol. The fourth-order valence-corrected chi connectivity index (χ4v) is 3.04. The third-order valence-corrected chi connectivity index (χ3v) is 4.32. The van der Waals surface area contributed by atoms with E-state index in [2.05, 4.69) is 9.82 Å². The van der Waals surface area contributed by atoms with Crippen LogP contribution in [0.15, 0.2) is 11.1 Å². The van der Waals surface area contributed by atoms with Gasteiger partial charge in [0.15, 0.2) is 5.82 Å². The molecule has 0 bridgehead atoms. The Morgan fingerprint density at radius 2 is 2.35 bits per heavy atom. The fourth-order valence-electron chi connectivity index (χ4n) is 1.90. The summed E-state index contributed by atoms with van der Waals surface area (Å²) in [6.07, 6.45) is 2.02. The van der Waals surface area contributed by atoms with Crippen LogP contribution in [0.1, 0.15) is 13.3 Å². The standard InChI is InChI=1S/C11H20N4O4S/c1-2-3-15-7-10(11(12)14-15)20(16,17)13-6-9-8-18-4-5-19-9/h7,9,13H,2-6,8H2,1H3,(H2,12,14). The quantitative estimate of drug-likeness (QED) is 0.738. The van der Waals surface area contributed by atoms with E-state index in [0.29, 0.717) is 26.4 Å². The molecule has 1 aromatic heterocycles. The second kappa shape index (κ2) is 6.53. The Bertz CT molecular complexity index is 537. The lowest BCUT2D eigenvalue weighted by Gasteiger charge is -2.22. The van der Waals surface area contributed by atoms with E-state index in [0.717, 1.165) is 6.42 Å². The molecule has 20 heavy (non-hydrogen) atoms. The maximum atomic E-state index is 12.2. The molecule has 0 spiro atoms. The van der Waals surface area contributed by atoms with Gasteiger partial charge in [0.25, 0.3) is 0 Å². The summed E-state index contributed by atoms with van der Waals surface area (Å²) < 4.78 is 38.9. The van der Waals surface area contributed by atoms with E-state index in [1.54, 1.807) is 0 Å². The Hall–Kier alpha value is -1.16. The van der Waals surface area contributed by atoms with Crippen LogP contribution in [0.3, 0.4) is 0 Å². The second-order valence-corrected chi connectivity index (χ2v) is 6.30. The number of nitrogen functional groups attached to an aromatic ring is 1. The maximum Gasteiger partial charge on any atom is 0.245 e. The van der Waals surface area contributed by atoms with Gasteiger partial charge in [-0.25, -0.2) is 13.1 Å². The Kier molecular flexibility index (Phi) is 4.97. The summed E-state index contributed by atoms with van der Waals surface area (Å²) in [6, 6.07) is 0. The molecule has 2 rings (SSSR count). The van der Waals surface area contributed by atoms with E-state index in [1.807, 2.05) is 6.92 Å². The number of aryl methyl sites for hydroxylation is 1. The van der Waals surface area contributed by atoms with E-state index in [-0.39, 0.29) is 23.4 Å². The number of sulfonamides is 1. The van der Waals surface area contributed by atoms with Gasteiger partial charge in [-0.3, -0.25) is 4.68 Å². The summed E-state index contributed by atoms with van der Waals surface area (Å²) in [4.78, 5) is 0.00248. The molecule has 1 aliphatic heterocycles. The van der Waals surface area contributed by atoms with Crippen LogP contribution < -0.4 is 10.5 Å². The molecule has 0 radical (unpaired) electrons. The van der Waals surface area contributed by atoms with Crippen molar-refractivity contribution in [2.75, 3.05) is 32.1 Å². The van der Waals surface area contributed by atoms with E-state index < -0.39 is 10.0 Å². The van der Waals surface area contributed by atoms with Gasteiger partial charge in [-0.2, -0.15) is 5.10 Å². The first-order chi connectivity index (χ1) is 9.53. The zero-order chi connectivity index (χ0) is 14.6. The van der Waals surface area contributed by atoms with Crippen molar-refractivity contribution in [1.29, 1.82) is 0 Å². The molecule has 1 atom stereocenters. The predicted molar refractivity (Wildman–Crippen MR) is 72.7 cm³/mol. The SMILES string of the molecule is CCCn1cc(S(=O)(=O)NCC2COCCO2)c(N)n1. The molecule has 1 unspecified atom stereocenters. The van der Waals surface area contributed by atoms with Crippen LogP contribution in [-0.4, -0.2) is 50.7 Å². The lowest BCUT2D eigenvalue weighted by Crippen LogP contribution is -2.39. The highest BCUT2D eigenvalue weighted by atomic mass is 32.2. The summed E-state index contributed by atoms with van der Waals surface area (Å²) in [5.41, 5.74) is 5.66. The normalized spacial score (nSPS) is 20.1. The topological polar surface area (TPSA) is 108 Å². The first-order valence-corrected chi connectivity index (χ1v) is 8.03. The van der Waals surface area contributed by atoms with Crippen molar-refractivity contribution in [2.45, 2.75) is 30.9 Å². The summed E-state index contributed by atoms with van der Waals surface area (Å²) >= 11 is 0. The smallest absolute Gasteiger partial charge is 0.245 e. The molecule has 8 nitrogen and oxygen atoms in total. The number of nitrogens with one attached hydrogen (secondary N) is 1. The van der Waals surface area contributed by atoms with Crippen LogP contribution in [0.5, 0.6) is 0 Å². The number of aromatic nitrogens is 2. The number of nitrogens with zero attached hydrogens (tertiary/aromatic N) is 2. The minimum Gasteiger partial charge on any atom is -0.381 e.